The van der Waals surface area contributed by atoms with E-state index in [1.165, 1.54) is 0 Å². The van der Waals surface area contributed by atoms with Gasteiger partial charge in [-0.15, -0.1) is 0 Å². The van der Waals surface area contributed by atoms with Crippen LogP contribution in [0.5, 0.6) is 0 Å². The van der Waals surface area contributed by atoms with Crippen molar-refractivity contribution in [2.45, 2.75) is 51.7 Å². The van der Waals surface area contributed by atoms with E-state index in [2.05, 4.69) is 0 Å². The molecule has 0 aromatic heterocycles. The van der Waals surface area contributed by atoms with E-state index in [0.29, 0.717) is 12.8 Å². The fourth-order valence-corrected chi connectivity index (χ4v) is 6.60. The SMILES string of the molecule is C[C@H]1C(=O)[C@@]23CC[C@@H]1C[C@@]21O[C@@H]2C(C)(C)C=CC(=O)[C@]23COC1=O. The van der Waals surface area contributed by atoms with Gasteiger partial charge in [0.25, 0.3) is 0 Å². The van der Waals surface area contributed by atoms with Gasteiger partial charge in [-0.05, 0) is 31.3 Å². The molecule has 4 aliphatic carbocycles. The zero-order chi connectivity index (χ0) is 17.1. The Morgan fingerprint density at radius 2 is 1.96 bits per heavy atom. The molecule has 3 saturated carbocycles. The van der Waals surface area contributed by atoms with Gasteiger partial charge in [-0.1, -0.05) is 26.8 Å². The normalized spacial score (nSPS) is 53.6. The van der Waals surface area contributed by atoms with Crippen molar-refractivity contribution in [1.29, 1.82) is 0 Å². The molecular formula is C19H22O5. The second-order valence-electron chi connectivity index (χ2n) is 8.95. The van der Waals surface area contributed by atoms with Gasteiger partial charge in [0.15, 0.2) is 11.4 Å². The highest BCUT2D eigenvalue weighted by atomic mass is 16.6. The standard InChI is InChI=1S/C19H22O5/c1-10-11-4-7-18(13(10)21)17-9-23-15(22)19(18,8-11)24-14(17)16(2,3)6-5-12(17)20/h5-6,10-11,14H,4,7-9H2,1-3H3/t10-,11-,14-,17-,18-,19+/m1/s1. The molecule has 0 N–H and O–H groups in total. The second-order valence-corrected chi connectivity index (χ2v) is 8.95. The molecule has 5 nitrogen and oxygen atoms in total. The van der Waals surface area contributed by atoms with E-state index in [4.69, 9.17) is 9.47 Å². The Kier molecular flexibility index (Phi) is 2.37. The number of fused-ring (bicyclic) bond motifs is 2. The van der Waals surface area contributed by atoms with E-state index in [0.717, 1.165) is 6.42 Å². The number of esters is 1. The van der Waals surface area contributed by atoms with Crippen LogP contribution in [0.25, 0.3) is 0 Å². The van der Waals surface area contributed by atoms with Gasteiger partial charge in [0.05, 0.1) is 11.5 Å². The minimum absolute atomic E-state index is 0.0338. The Morgan fingerprint density at radius 3 is 2.71 bits per heavy atom. The molecule has 24 heavy (non-hydrogen) atoms. The highest BCUT2D eigenvalue weighted by Crippen LogP contribution is 2.75. The molecule has 4 bridgehead atoms. The van der Waals surface area contributed by atoms with Crippen LogP contribution in [0.15, 0.2) is 12.2 Å². The molecule has 2 spiro atoms. The van der Waals surface area contributed by atoms with Crippen molar-refractivity contribution in [3.05, 3.63) is 12.2 Å². The first-order valence-electron chi connectivity index (χ1n) is 8.86. The van der Waals surface area contributed by atoms with Crippen LogP contribution >= 0.6 is 0 Å². The van der Waals surface area contributed by atoms with Crippen molar-refractivity contribution in [3.63, 3.8) is 0 Å². The smallest absolute Gasteiger partial charge is 0.339 e. The van der Waals surface area contributed by atoms with Gasteiger partial charge in [0.1, 0.15) is 17.8 Å². The predicted molar refractivity (Wildman–Crippen MR) is 82.9 cm³/mol. The Morgan fingerprint density at radius 1 is 1.21 bits per heavy atom. The lowest BCUT2D eigenvalue weighted by atomic mass is 9.38. The van der Waals surface area contributed by atoms with Crippen molar-refractivity contribution >= 4 is 17.5 Å². The molecule has 6 atom stereocenters. The third kappa shape index (κ3) is 1.15. The van der Waals surface area contributed by atoms with E-state index in [1.807, 2.05) is 26.8 Å². The maximum Gasteiger partial charge on any atom is 0.339 e. The van der Waals surface area contributed by atoms with E-state index in [-0.39, 0.29) is 30.0 Å². The van der Waals surface area contributed by atoms with E-state index in [1.54, 1.807) is 6.08 Å². The molecule has 2 heterocycles. The number of allylic oxidation sites excluding steroid dienone is 1. The average Bonchev–Trinajstić information content (AvgIpc) is 2.76. The third-order valence-corrected chi connectivity index (χ3v) is 7.74. The first kappa shape index (κ1) is 14.8. The van der Waals surface area contributed by atoms with Gasteiger partial charge in [-0.3, -0.25) is 9.59 Å². The van der Waals surface area contributed by atoms with E-state index in [9.17, 15) is 14.4 Å². The van der Waals surface area contributed by atoms with E-state index >= 15 is 0 Å². The van der Waals surface area contributed by atoms with Gasteiger partial charge in [0, 0.05) is 11.3 Å². The van der Waals surface area contributed by atoms with Crippen LogP contribution in [-0.2, 0) is 23.9 Å². The zero-order valence-electron chi connectivity index (χ0n) is 14.3. The first-order valence-corrected chi connectivity index (χ1v) is 8.86. The quantitative estimate of drug-likeness (QED) is 0.634. The van der Waals surface area contributed by atoms with E-state index < -0.39 is 33.9 Å². The number of cyclic esters (lactones) is 1. The van der Waals surface area contributed by atoms with Crippen LogP contribution in [0.1, 0.15) is 40.0 Å². The summed E-state index contributed by atoms with van der Waals surface area (Å²) in [7, 11) is 0. The summed E-state index contributed by atoms with van der Waals surface area (Å²) in [5.74, 6) is -0.492. The van der Waals surface area contributed by atoms with Crippen LogP contribution in [0.3, 0.4) is 0 Å². The molecule has 5 heteroatoms. The van der Waals surface area contributed by atoms with Gasteiger partial charge in [0.2, 0.25) is 0 Å². The molecule has 128 valence electrons. The van der Waals surface area contributed by atoms with Crippen molar-refractivity contribution in [1.82, 2.24) is 0 Å². The summed E-state index contributed by atoms with van der Waals surface area (Å²) in [5, 5.41) is 0. The molecule has 0 radical (unpaired) electrons. The number of Topliss-reactive ketones (excluding diaryl/α,β-unsaturated/α-hetero) is 1. The molecule has 6 rings (SSSR count). The largest absolute Gasteiger partial charge is 0.462 e. The molecule has 0 amide bonds. The van der Waals surface area contributed by atoms with Gasteiger partial charge >= 0.3 is 5.97 Å². The van der Waals surface area contributed by atoms with Crippen molar-refractivity contribution in [3.8, 4) is 0 Å². The maximum absolute atomic E-state index is 13.5. The highest BCUT2D eigenvalue weighted by molar-refractivity contribution is 6.09. The molecule has 2 saturated heterocycles. The lowest BCUT2D eigenvalue weighted by Crippen LogP contribution is -2.75. The number of carbonyl (C=O) groups excluding carboxylic acids is 3. The summed E-state index contributed by atoms with van der Waals surface area (Å²) in [6, 6.07) is 0. The molecule has 5 fully saturated rings. The lowest BCUT2D eigenvalue weighted by Gasteiger charge is -2.61. The number of ether oxygens (including phenoxy) is 2. The summed E-state index contributed by atoms with van der Waals surface area (Å²) in [4.78, 5) is 39.5. The fraction of sp³-hybridized carbons (Fsp3) is 0.737. The second kappa shape index (κ2) is 3.85. The molecule has 0 unspecified atom stereocenters. The third-order valence-electron chi connectivity index (χ3n) is 7.74. The Hall–Kier alpha value is -1.49. The minimum atomic E-state index is -1.26. The van der Waals surface area contributed by atoms with Crippen LogP contribution < -0.4 is 0 Å². The molecule has 0 aromatic rings. The van der Waals surface area contributed by atoms with Gasteiger partial charge < -0.3 is 9.47 Å². The number of hydrogen-bond acceptors (Lipinski definition) is 5. The molecule has 6 aliphatic rings. The average molecular weight is 330 g/mol. The number of carbonyl (C=O) groups is 3. The molecule has 0 aromatic carbocycles. The maximum atomic E-state index is 13.5. The lowest BCUT2D eigenvalue weighted by molar-refractivity contribution is -0.222. The van der Waals surface area contributed by atoms with Gasteiger partial charge in [-0.25, -0.2) is 4.79 Å². The van der Waals surface area contributed by atoms with Crippen molar-refractivity contribution in [2.75, 3.05) is 6.61 Å². The van der Waals surface area contributed by atoms with Crippen LogP contribution in [0, 0.1) is 28.1 Å². The summed E-state index contributed by atoms with van der Waals surface area (Å²) in [6.45, 7) is 5.92. The molecule has 2 aliphatic heterocycles. The van der Waals surface area contributed by atoms with Crippen LogP contribution in [0.2, 0.25) is 0 Å². The summed E-state index contributed by atoms with van der Waals surface area (Å²) in [5.41, 5.74) is -3.80. The van der Waals surface area contributed by atoms with Crippen LogP contribution in [0.4, 0.5) is 0 Å². The Balaban J connectivity index is 1.87. The van der Waals surface area contributed by atoms with Crippen molar-refractivity contribution in [2.24, 2.45) is 28.1 Å². The topological polar surface area (TPSA) is 69.7 Å². The predicted octanol–water partition coefficient (Wildman–Crippen LogP) is 1.84. The number of hydrogen-bond donors (Lipinski definition) is 0. The minimum Gasteiger partial charge on any atom is -0.462 e. The van der Waals surface area contributed by atoms with Gasteiger partial charge in [-0.2, -0.15) is 0 Å². The molecular weight excluding hydrogens is 308 g/mol. The fourth-order valence-electron chi connectivity index (χ4n) is 6.60. The Bertz CT molecular complexity index is 736. The first-order chi connectivity index (χ1) is 11.2. The highest BCUT2D eigenvalue weighted by Gasteiger charge is 2.88. The number of rotatable bonds is 0. The summed E-state index contributed by atoms with van der Waals surface area (Å²) in [6.07, 6.45) is 4.88. The number of ketones is 2. The van der Waals surface area contributed by atoms with Crippen molar-refractivity contribution < 1.29 is 23.9 Å². The summed E-state index contributed by atoms with van der Waals surface area (Å²) >= 11 is 0. The zero-order valence-corrected chi connectivity index (χ0v) is 14.3. The monoisotopic (exact) mass is 330 g/mol. The van der Waals surface area contributed by atoms with Crippen LogP contribution in [-0.4, -0.2) is 35.8 Å². The Labute approximate surface area is 140 Å². The summed E-state index contributed by atoms with van der Waals surface area (Å²) < 4.78 is 12.0.